The smallest absolute Gasteiger partial charge is 0.0620 e. The summed E-state index contributed by atoms with van der Waals surface area (Å²) in [5.74, 6) is 0. The standard InChI is InChI=1S/C46H30N2S/c1-3-12-31(13-4-1)32-22-25-35(26-23-32)47(36-27-29-39-38-18-9-10-21-43(38)49-44(39)30-36)41-19-11-20-42-45(41)40-28-24-33-14-7-8-17-37(33)46(40)48(42)34-15-5-2-6-16-34/h1-30H. The molecule has 3 heteroatoms. The van der Waals surface area contributed by atoms with E-state index in [1.54, 1.807) is 0 Å². The second-order valence-electron chi connectivity index (χ2n) is 12.6. The van der Waals surface area contributed by atoms with Crippen molar-refractivity contribution in [2.24, 2.45) is 0 Å². The van der Waals surface area contributed by atoms with E-state index < -0.39 is 0 Å². The van der Waals surface area contributed by atoms with Crippen LogP contribution in [0.4, 0.5) is 17.1 Å². The normalized spacial score (nSPS) is 11.7. The largest absolute Gasteiger partial charge is 0.310 e. The van der Waals surface area contributed by atoms with Crippen LogP contribution in [0, 0.1) is 0 Å². The van der Waals surface area contributed by atoms with Crippen molar-refractivity contribution in [3.8, 4) is 16.8 Å². The van der Waals surface area contributed by atoms with Crippen molar-refractivity contribution >= 4 is 81.1 Å². The van der Waals surface area contributed by atoms with Crippen molar-refractivity contribution in [3.63, 3.8) is 0 Å². The van der Waals surface area contributed by atoms with Gasteiger partial charge < -0.3 is 9.47 Å². The van der Waals surface area contributed by atoms with Crippen LogP contribution in [0.25, 0.3) is 69.6 Å². The maximum atomic E-state index is 2.45. The molecule has 10 rings (SSSR count). The number of anilines is 3. The van der Waals surface area contributed by atoms with Crippen LogP contribution < -0.4 is 4.90 Å². The second kappa shape index (κ2) is 11.2. The highest BCUT2D eigenvalue weighted by Crippen LogP contribution is 2.47. The summed E-state index contributed by atoms with van der Waals surface area (Å²) in [6.45, 7) is 0. The van der Waals surface area contributed by atoms with Crippen molar-refractivity contribution in [2.75, 3.05) is 4.90 Å². The van der Waals surface area contributed by atoms with E-state index >= 15 is 0 Å². The van der Waals surface area contributed by atoms with Crippen LogP contribution in [0.2, 0.25) is 0 Å². The third kappa shape index (κ3) is 4.47. The molecule has 0 unspecified atom stereocenters. The maximum Gasteiger partial charge on any atom is 0.0620 e. The highest BCUT2D eigenvalue weighted by molar-refractivity contribution is 7.25. The molecule has 0 saturated carbocycles. The van der Waals surface area contributed by atoms with Gasteiger partial charge in [0.2, 0.25) is 0 Å². The highest BCUT2D eigenvalue weighted by Gasteiger charge is 2.23. The summed E-state index contributed by atoms with van der Waals surface area (Å²) in [5, 5.41) is 7.57. The molecule has 0 aliphatic rings. The molecule has 0 bridgehead atoms. The highest BCUT2D eigenvalue weighted by atomic mass is 32.1. The molecule has 230 valence electrons. The van der Waals surface area contributed by atoms with Crippen LogP contribution >= 0.6 is 11.3 Å². The summed E-state index contributed by atoms with van der Waals surface area (Å²) >= 11 is 1.86. The number of fused-ring (bicyclic) bond motifs is 8. The fraction of sp³-hybridized carbons (Fsp3) is 0. The van der Waals surface area contributed by atoms with Crippen molar-refractivity contribution in [1.29, 1.82) is 0 Å². The maximum absolute atomic E-state index is 2.45. The number of rotatable bonds is 5. The molecule has 2 nitrogen and oxygen atoms in total. The number of benzene rings is 8. The van der Waals surface area contributed by atoms with Gasteiger partial charge in [0.15, 0.2) is 0 Å². The van der Waals surface area contributed by atoms with Crippen LogP contribution in [-0.4, -0.2) is 4.57 Å². The quantitative estimate of drug-likeness (QED) is 0.181. The molecule has 0 aliphatic heterocycles. The Kier molecular flexibility index (Phi) is 6.39. The van der Waals surface area contributed by atoms with Crippen LogP contribution in [0.3, 0.4) is 0 Å². The SMILES string of the molecule is c1ccc(-c2ccc(N(c3ccc4c(c3)sc3ccccc34)c3cccc4c3c3ccc5ccccc5c3n4-c3ccccc3)cc2)cc1. The molecule has 10 aromatic rings. The molecule has 0 spiro atoms. The lowest BCUT2D eigenvalue weighted by molar-refractivity contribution is 1.18. The van der Waals surface area contributed by atoms with Gasteiger partial charge >= 0.3 is 0 Å². The lowest BCUT2D eigenvalue weighted by atomic mass is 10.0. The molecule has 0 aliphatic carbocycles. The number of nitrogens with zero attached hydrogens (tertiary/aromatic N) is 2. The summed E-state index contributed by atoms with van der Waals surface area (Å²) < 4.78 is 5.05. The first-order valence-electron chi connectivity index (χ1n) is 16.7. The van der Waals surface area contributed by atoms with Crippen molar-refractivity contribution < 1.29 is 0 Å². The van der Waals surface area contributed by atoms with E-state index in [4.69, 9.17) is 0 Å². The zero-order chi connectivity index (χ0) is 32.3. The number of thiophene rings is 1. The van der Waals surface area contributed by atoms with Gasteiger partial charge in [-0.1, -0.05) is 127 Å². The van der Waals surface area contributed by atoms with E-state index in [2.05, 4.69) is 191 Å². The van der Waals surface area contributed by atoms with E-state index in [0.29, 0.717) is 0 Å². The van der Waals surface area contributed by atoms with Crippen molar-refractivity contribution in [1.82, 2.24) is 4.57 Å². The predicted molar refractivity (Wildman–Crippen MR) is 211 cm³/mol. The Morgan fingerprint density at radius 1 is 0.429 bits per heavy atom. The minimum Gasteiger partial charge on any atom is -0.310 e. The monoisotopic (exact) mass is 642 g/mol. The third-order valence-corrected chi connectivity index (χ3v) is 10.9. The Hall–Kier alpha value is -6.16. The first-order chi connectivity index (χ1) is 24.3. The Bertz CT molecular complexity index is 2810. The molecule has 0 saturated heterocycles. The Balaban J connectivity index is 1.28. The minimum absolute atomic E-state index is 1.12. The Morgan fingerprint density at radius 2 is 1.08 bits per heavy atom. The zero-order valence-corrected chi connectivity index (χ0v) is 27.4. The molecule has 8 aromatic carbocycles. The molecule has 0 N–H and O–H groups in total. The van der Waals surface area contributed by atoms with Gasteiger partial charge in [-0.3, -0.25) is 0 Å². The van der Waals surface area contributed by atoms with E-state index in [9.17, 15) is 0 Å². The van der Waals surface area contributed by atoms with Crippen LogP contribution in [0.15, 0.2) is 182 Å². The van der Waals surface area contributed by atoms with E-state index in [-0.39, 0.29) is 0 Å². The number of aromatic nitrogens is 1. The van der Waals surface area contributed by atoms with E-state index in [1.807, 2.05) is 11.3 Å². The molecular weight excluding hydrogens is 613 g/mol. The van der Waals surface area contributed by atoms with Crippen LogP contribution in [0.1, 0.15) is 0 Å². The summed E-state index contributed by atoms with van der Waals surface area (Å²) in [6.07, 6.45) is 0. The molecular formula is C46H30N2S. The van der Waals surface area contributed by atoms with Crippen LogP contribution in [0.5, 0.6) is 0 Å². The molecule has 0 atom stereocenters. The number of hydrogen-bond acceptors (Lipinski definition) is 2. The van der Waals surface area contributed by atoms with Gasteiger partial charge in [-0.2, -0.15) is 0 Å². The van der Waals surface area contributed by atoms with Gasteiger partial charge in [-0.25, -0.2) is 0 Å². The van der Waals surface area contributed by atoms with Gasteiger partial charge in [-0.15, -0.1) is 11.3 Å². The average Bonchev–Trinajstić information content (AvgIpc) is 3.72. The van der Waals surface area contributed by atoms with E-state index in [0.717, 1.165) is 22.7 Å². The van der Waals surface area contributed by atoms with Gasteiger partial charge in [-0.05, 0) is 71.1 Å². The molecule has 2 aromatic heterocycles. The fourth-order valence-electron chi connectivity index (χ4n) is 7.55. The summed E-state index contributed by atoms with van der Waals surface area (Å²) in [7, 11) is 0. The summed E-state index contributed by atoms with van der Waals surface area (Å²) in [4.78, 5) is 2.45. The van der Waals surface area contributed by atoms with E-state index in [1.165, 1.54) is 63.9 Å². The first kappa shape index (κ1) is 27.9. The average molecular weight is 643 g/mol. The Labute approximate surface area is 288 Å². The fourth-order valence-corrected chi connectivity index (χ4v) is 8.69. The molecule has 0 fully saturated rings. The lowest BCUT2D eigenvalue weighted by Crippen LogP contribution is -2.10. The van der Waals surface area contributed by atoms with Crippen molar-refractivity contribution in [2.45, 2.75) is 0 Å². The Morgan fingerprint density at radius 3 is 1.92 bits per heavy atom. The minimum atomic E-state index is 1.12. The summed E-state index contributed by atoms with van der Waals surface area (Å²) in [6, 6.07) is 66.2. The van der Waals surface area contributed by atoms with Crippen molar-refractivity contribution in [3.05, 3.63) is 182 Å². The van der Waals surface area contributed by atoms with Gasteiger partial charge in [0.05, 0.1) is 16.7 Å². The zero-order valence-electron chi connectivity index (χ0n) is 26.6. The molecule has 49 heavy (non-hydrogen) atoms. The second-order valence-corrected chi connectivity index (χ2v) is 13.6. The molecule has 2 heterocycles. The number of hydrogen-bond donors (Lipinski definition) is 0. The molecule has 0 amide bonds. The summed E-state index contributed by atoms with van der Waals surface area (Å²) in [5.41, 5.74) is 9.40. The van der Waals surface area contributed by atoms with Gasteiger partial charge in [0.25, 0.3) is 0 Å². The third-order valence-electron chi connectivity index (χ3n) is 9.76. The topological polar surface area (TPSA) is 8.17 Å². The lowest BCUT2D eigenvalue weighted by Gasteiger charge is -2.27. The predicted octanol–water partition coefficient (Wildman–Crippen LogP) is 13.4. The van der Waals surface area contributed by atoms with Crippen LogP contribution in [-0.2, 0) is 0 Å². The van der Waals surface area contributed by atoms with Gasteiger partial charge in [0.1, 0.15) is 0 Å². The number of para-hydroxylation sites is 1. The molecule has 0 radical (unpaired) electrons. The first-order valence-corrected chi connectivity index (χ1v) is 17.5. The van der Waals surface area contributed by atoms with Gasteiger partial charge in [0, 0.05) is 53.4 Å².